The van der Waals surface area contributed by atoms with Gasteiger partial charge in [0.15, 0.2) is 17.5 Å². The van der Waals surface area contributed by atoms with E-state index in [1.165, 1.54) is 0 Å². The van der Waals surface area contributed by atoms with Crippen molar-refractivity contribution in [2.75, 3.05) is 0 Å². The zero-order valence-corrected chi connectivity index (χ0v) is 38.3. The standard InChI is InChI=1S/C64H36N6O2/c65-37-41-36-46(64-67-62(39-20-6-2-7-21-39)66-63(68-64)40-22-8-3-9-23-40)61(70-48-29-15-11-25-43(48)57-50(70)33-35-54-59(57)45-27-13-17-31-52(45)72-54)55(38-18-4-1-5-19-38)60(41)69-47-28-14-10-24-42(47)56-49(69)32-34-53-58(56)44-26-12-16-30-51(44)71-53/h1-36H. The zero-order chi connectivity index (χ0) is 47.4. The van der Waals surface area contributed by atoms with Gasteiger partial charge < -0.3 is 18.0 Å². The van der Waals surface area contributed by atoms with Gasteiger partial charge in [0.05, 0.1) is 39.0 Å². The summed E-state index contributed by atoms with van der Waals surface area (Å²) in [7, 11) is 0. The van der Waals surface area contributed by atoms with Crippen LogP contribution in [0.2, 0.25) is 0 Å². The van der Waals surface area contributed by atoms with E-state index in [4.69, 9.17) is 23.8 Å². The summed E-state index contributed by atoms with van der Waals surface area (Å²) in [5, 5.41) is 20.2. The van der Waals surface area contributed by atoms with Gasteiger partial charge in [0.1, 0.15) is 28.4 Å². The number of para-hydroxylation sites is 4. The lowest BCUT2D eigenvalue weighted by molar-refractivity contribution is 0.669. The minimum Gasteiger partial charge on any atom is -0.456 e. The first-order valence-electron chi connectivity index (χ1n) is 23.9. The van der Waals surface area contributed by atoms with Crippen LogP contribution >= 0.6 is 0 Å². The van der Waals surface area contributed by atoms with E-state index in [9.17, 15) is 5.26 Å². The van der Waals surface area contributed by atoms with E-state index in [2.05, 4.69) is 137 Å². The molecular formula is C64H36N6O2. The molecule has 0 saturated heterocycles. The Hall–Kier alpha value is -10.1. The van der Waals surface area contributed by atoms with E-state index >= 15 is 0 Å². The van der Waals surface area contributed by atoms with Crippen LogP contribution < -0.4 is 0 Å². The van der Waals surface area contributed by atoms with Crippen molar-refractivity contribution in [1.29, 1.82) is 5.26 Å². The molecule has 0 aliphatic heterocycles. The molecule has 0 saturated carbocycles. The van der Waals surface area contributed by atoms with Crippen LogP contribution in [0.15, 0.2) is 227 Å². The average molecular weight is 921 g/mol. The summed E-state index contributed by atoms with van der Waals surface area (Å²) < 4.78 is 17.7. The van der Waals surface area contributed by atoms with E-state index in [1.807, 2.05) is 97.1 Å². The van der Waals surface area contributed by atoms with Gasteiger partial charge in [-0.3, -0.25) is 0 Å². The predicted molar refractivity (Wildman–Crippen MR) is 290 cm³/mol. The molecule has 0 aliphatic carbocycles. The number of furan rings is 2. The molecular weight excluding hydrogens is 885 g/mol. The monoisotopic (exact) mass is 920 g/mol. The van der Waals surface area contributed by atoms with Crippen LogP contribution in [-0.4, -0.2) is 24.1 Å². The zero-order valence-electron chi connectivity index (χ0n) is 38.3. The molecule has 10 aromatic carbocycles. The molecule has 0 radical (unpaired) electrons. The number of benzene rings is 10. The first-order valence-corrected chi connectivity index (χ1v) is 23.9. The van der Waals surface area contributed by atoms with Crippen molar-refractivity contribution in [1.82, 2.24) is 24.1 Å². The number of hydrogen-bond acceptors (Lipinski definition) is 6. The maximum atomic E-state index is 11.9. The predicted octanol–water partition coefficient (Wildman–Crippen LogP) is 16.4. The van der Waals surface area contributed by atoms with Crippen molar-refractivity contribution in [3.8, 4) is 62.7 Å². The number of rotatable bonds is 6. The van der Waals surface area contributed by atoms with E-state index in [0.29, 0.717) is 28.6 Å². The van der Waals surface area contributed by atoms with Crippen molar-refractivity contribution < 1.29 is 8.83 Å². The Morgan fingerprint density at radius 2 is 0.764 bits per heavy atom. The van der Waals surface area contributed by atoms with Crippen molar-refractivity contribution in [2.45, 2.75) is 0 Å². The van der Waals surface area contributed by atoms with Gasteiger partial charge in [-0.2, -0.15) is 5.26 Å². The van der Waals surface area contributed by atoms with Crippen LogP contribution in [0.3, 0.4) is 0 Å². The van der Waals surface area contributed by atoms with Crippen LogP contribution in [0.5, 0.6) is 0 Å². The molecule has 8 nitrogen and oxygen atoms in total. The molecule has 72 heavy (non-hydrogen) atoms. The Morgan fingerprint density at radius 1 is 0.347 bits per heavy atom. The Labute approximate surface area is 410 Å². The van der Waals surface area contributed by atoms with Crippen molar-refractivity contribution in [3.63, 3.8) is 0 Å². The lowest BCUT2D eigenvalue weighted by Crippen LogP contribution is -2.10. The first-order chi connectivity index (χ1) is 35.7. The highest BCUT2D eigenvalue weighted by atomic mass is 16.3. The molecule has 15 aromatic rings. The Bertz CT molecular complexity index is 4690. The smallest absolute Gasteiger partial charge is 0.166 e. The fraction of sp³-hybridized carbons (Fsp3) is 0. The van der Waals surface area contributed by atoms with Gasteiger partial charge >= 0.3 is 0 Å². The summed E-state index contributed by atoms with van der Waals surface area (Å²) in [4.78, 5) is 15.9. The molecule has 0 atom stereocenters. The first kappa shape index (κ1) is 39.9. The largest absolute Gasteiger partial charge is 0.456 e. The highest BCUT2D eigenvalue weighted by Gasteiger charge is 2.31. The number of nitrogens with zero attached hydrogens (tertiary/aromatic N) is 6. The Balaban J connectivity index is 1.18. The van der Waals surface area contributed by atoms with Gasteiger partial charge in [0, 0.05) is 65.3 Å². The fourth-order valence-electron chi connectivity index (χ4n) is 11.2. The van der Waals surface area contributed by atoms with Crippen LogP contribution in [0.1, 0.15) is 5.56 Å². The molecule has 0 N–H and O–H groups in total. The summed E-state index contributed by atoms with van der Waals surface area (Å²) in [5.74, 6) is 1.45. The molecule has 5 aromatic heterocycles. The van der Waals surface area contributed by atoms with Crippen molar-refractivity contribution in [2.24, 2.45) is 0 Å². The summed E-state index contributed by atoms with van der Waals surface area (Å²) in [6.45, 7) is 0. The molecule has 0 unspecified atom stereocenters. The highest BCUT2D eigenvalue weighted by molar-refractivity contribution is 6.29. The number of aromatic nitrogens is 5. The topological polar surface area (TPSA) is 98.6 Å². The molecule has 8 heteroatoms. The van der Waals surface area contributed by atoms with E-state index in [1.54, 1.807) is 0 Å². The van der Waals surface area contributed by atoms with Gasteiger partial charge in [-0.05, 0) is 60.2 Å². The van der Waals surface area contributed by atoms with Gasteiger partial charge in [-0.15, -0.1) is 0 Å². The number of fused-ring (bicyclic) bond motifs is 14. The van der Waals surface area contributed by atoms with Crippen molar-refractivity contribution in [3.05, 3.63) is 224 Å². The second-order valence-electron chi connectivity index (χ2n) is 18.1. The molecule has 0 bridgehead atoms. The van der Waals surface area contributed by atoms with Gasteiger partial charge in [-0.1, -0.05) is 164 Å². The van der Waals surface area contributed by atoms with Gasteiger partial charge in [0.2, 0.25) is 0 Å². The summed E-state index contributed by atoms with van der Waals surface area (Å²) in [5.41, 5.74) is 13.1. The second kappa shape index (κ2) is 15.5. The average Bonchev–Trinajstić information content (AvgIpc) is 4.20. The van der Waals surface area contributed by atoms with E-state index in [-0.39, 0.29) is 0 Å². The molecule has 334 valence electrons. The number of hydrogen-bond donors (Lipinski definition) is 0. The maximum Gasteiger partial charge on any atom is 0.166 e. The van der Waals surface area contributed by atoms with Crippen LogP contribution in [0, 0.1) is 11.3 Å². The molecule has 0 spiro atoms. The summed E-state index contributed by atoms with van der Waals surface area (Å²) in [6.07, 6.45) is 0. The van der Waals surface area contributed by atoms with Gasteiger partial charge in [-0.25, -0.2) is 15.0 Å². The van der Waals surface area contributed by atoms with Gasteiger partial charge in [0.25, 0.3) is 0 Å². The van der Waals surface area contributed by atoms with Crippen LogP contribution in [0.25, 0.3) is 144 Å². The third-order valence-electron chi connectivity index (χ3n) is 14.2. The molecule has 0 amide bonds. The third kappa shape index (κ3) is 5.76. The molecule has 0 aliphatic rings. The maximum absolute atomic E-state index is 11.9. The molecule has 15 rings (SSSR count). The fourth-order valence-corrected chi connectivity index (χ4v) is 11.2. The molecule has 5 heterocycles. The minimum atomic E-state index is 0.424. The quantitative estimate of drug-likeness (QED) is 0.165. The van der Waals surface area contributed by atoms with Crippen LogP contribution in [-0.2, 0) is 0 Å². The van der Waals surface area contributed by atoms with E-state index in [0.717, 1.165) is 121 Å². The SMILES string of the molecule is N#Cc1cc(-c2nc(-c3ccccc3)nc(-c3ccccc3)n2)c(-n2c3ccccc3c3c4c(ccc32)oc2ccccc24)c(-c2ccccc2)c1-n1c2ccccc2c2c3c(ccc21)oc1ccccc13. The molecule has 0 fully saturated rings. The van der Waals surface area contributed by atoms with E-state index < -0.39 is 0 Å². The summed E-state index contributed by atoms with van der Waals surface area (Å²) in [6, 6.07) is 77.1. The Kier molecular flexibility index (Phi) is 8.55. The normalized spacial score (nSPS) is 11.9. The second-order valence-corrected chi connectivity index (χ2v) is 18.1. The number of nitriles is 1. The Morgan fingerprint density at radius 3 is 1.26 bits per heavy atom. The summed E-state index contributed by atoms with van der Waals surface area (Å²) >= 11 is 0. The minimum absolute atomic E-state index is 0.424. The lowest BCUT2D eigenvalue weighted by atomic mass is 9.93. The third-order valence-corrected chi connectivity index (χ3v) is 14.2. The highest BCUT2D eigenvalue weighted by Crippen LogP contribution is 2.50. The van der Waals surface area contributed by atoms with Crippen LogP contribution in [0.4, 0.5) is 0 Å². The van der Waals surface area contributed by atoms with Crippen molar-refractivity contribution >= 4 is 87.5 Å². The lowest BCUT2D eigenvalue weighted by Gasteiger charge is -2.24.